The average Bonchev–Trinajstić information content (AvgIpc) is 3.11. The summed E-state index contributed by atoms with van der Waals surface area (Å²) in [4.78, 5) is 12.8. The van der Waals surface area contributed by atoms with Gasteiger partial charge in [-0.05, 0) is 18.4 Å². The number of carbonyl (C=O) groups excluding carboxylic acids is 1. The van der Waals surface area contributed by atoms with Crippen LogP contribution >= 0.6 is 11.3 Å². The van der Waals surface area contributed by atoms with Gasteiger partial charge in [0.1, 0.15) is 5.01 Å². The van der Waals surface area contributed by atoms with Crippen molar-refractivity contribution in [3.05, 3.63) is 66.2 Å². The van der Waals surface area contributed by atoms with Crippen LogP contribution in [0.3, 0.4) is 0 Å². The Morgan fingerprint density at radius 3 is 2.32 bits per heavy atom. The number of hydrogen-bond donors (Lipinski definition) is 1. The third-order valence-electron chi connectivity index (χ3n) is 4.43. The van der Waals surface area contributed by atoms with Crippen LogP contribution in [0.25, 0.3) is 10.6 Å². The van der Waals surface area contributed by atoms with Gasteiger partial charge in [-0.2, -0.15) is 0 Å². The Kier molecular flexibility index (Phi) is 5.24. The van der Waals surface area contributed by atoms with Crippen molar-refractivity contribution in [1.82, 2.24) is 10.2 Å². The quantitative estimate of drug-likeness (QED) is 0.694. The predicted octanol–water partition coefficient (Wildman–Crippen LogP) is 4.80. The standard InChI is InChI=1S/C20H21N3OS/c1-3-20(2,14-15-10-6-4-7-11-15)18(24)21-19-23-22-17(25-19)16-12-8-5-9-13-16/h4-13H,3,14H2,1-2H3,(H,21,23,24). The number of anilines is 1. The summed E-state index contributed by atoms with van der Waals surface area (Å²) in [5, 5.41) is 12.6. The van der Waals surface area contributed by atoms with Crippen molar-refractivity contribution in [2.75, 3.05) is 5.32 Å². The molecule has 1 unspecified atom stereocenters. The van der Waals surface area contributed by atoms with E-state index in [0.717, 1.165) is 22.6 Å². The molecule has 0 aliphatic heterocycles. The second-order valence-corrected chi connectivity index (χ2v) is 7.29. The van der Waals surface area contributed by atoms with Gasteiger partial charge in [-0.1, -0.05) is 85.8 Å². The number of aromatic nitrogens is 2. The van der Waals surface area contributed by atoms with Gasteiger partial charge in [-0.3, -0.25) is 4.79 Å². The molecular formula is C20H21N3OS. The Hall–Kier alpha value is -2.53. The van der Waals surface area contributed by atoms with E-state index >= 15 is 0 Å². The van der Waals surface area contributed by atoms with Gasteiger partial charge in [0.15, 0.2) is 0 Å². The highest BCUT2D eigenvalue weighted by Gasteiger charge is 2.32. The van der Waals surface area contributed by atoms with Crippen LogP contribution in [0.15, 0.2) is 60.7 Å². The van der Waals surface area contributed by atoms with Gasteiger partial charge in [0.2, 0.25) is 11.0 Å². The molecule has 1 aromatic heterocycles. The number of nitrogens with one attached hydrogen (secondary N) is 1. The monoisotopic (exact) mass is 351 g/mol. The van der Waals surface area contributed by atoms with E-state index in [1.54, 1.807) is 0 Å². The van der Waals surface area contributed by atoms with Gasteiger partial charge in [0.25, 0.3) is 0 Å². The van der Waals surface area contributed by atoms with E-state index in [-0.39, 0.29) is 5.91 Å². The summed E-state index contributed by atoms with van der Waals surface area (Å²) in [6.45, 7) is 4.03. The molecule has 0 spiro atoms. The number of nitrogens with zero attached hydrogens (tertiary/aromatic N) is 2. The van der Waals surface area contributed by atoms with Crippen LogP contribution in [0.4, 0.5) is 5.13 Å². The Labute approximate surface area is 151 Å². The fourth-order valence-corrected chi connectivity index (χ4v) is 3.38. The molecule has 0 saturated heterocycles. The summed E-state index contributed by atoms with van der Waals surface area (Å²) in [5.41, 5.74) is 1.67. The average molecular weight is 351 g/mol. The van der Waals surface area contributed by atoms with E-state index in [4.69, 9.17) is 0 Å². The van der Waals surface area contributed by atoms with Gasteiger partial charge < -0.3 is 5.32 Å². The van der Waals surface area contributed by atoms with Crippen molar-refractivity contribution in [3.8, 4) is 10.6 Å². The van der Waals surface area contributed by atoms with Crippen LogP contribution < -0.4 is 5.32 Å². The SMILES string of the molecule is CCC(C)(Cc1ccccc1)C(=O)Nc1nnc(-c2ccccc2)s1. The first kappa shape index (κ1) is 17.3. The van der Waals surface area contributed by atoms with Crippen LogP contribution in [-0.4, -0.2) is 16.1 Å². The van der Waals surface area contributed by atoms with E-state index < -0.39 is 5.41 Å². The van der Waals surface area contributed by atoms with Gasteiger partial charge in [0.05, 0.1) is 5.41 Å². The minimum Gasteiger partial charge on any atom is -0.300 e. The van der Waals surface area contributed by atoms with Crippen LogP contribution in [-0.2, 0) is 11.2 Å². The predicted molar refractivity (Wildman–Crippen MR) is 103 cm³/mol. The van der Waals surface area contributed by atoms with E-state index in [0.29, 0.717) is 11.6 Å². The van der Waals surface area contributed by atoms with Gasteiger partial charge >= 0.3 is 0 Å². The number of carbonyl (C=O) groups is 1. The molecule has 0 bridgehead atoms. The largest absolute Gasteiger partial charge is 0.300 e. The van der Waals surface area contributed by atoms with Crippen LogP contribution in [0.1, 0.15) is 25.8 Å². The first-order valence-corrected chi connectivity index (χ1v) is 9.17. The molecule has 0 aliphatic carbocycles. The first-order valence-electron chi connectivity index (χ1n) is 8.35. The lowest BCUT2D eigenvalue weighted by Crippen LogP contribution is -2.35. The molecule has 0 saturated carbocycles. The summed E-state index contributed by atoms with van der Waals surface area (Å²) in [6.07, 6.45) is 1.44. The number of hydrogen-bond acceptors (Lipinski definition) is 4. The third-order valence-corrected chi connectivity index (χ3v) is 5.32. The molecule has 3 rings (SSSR count). The molecule has 1 N–H and O–H groups in total. The molecule has 0 aliphatic rings. The maximum Gasteiger partial charge on any atom is 0.232 e. The summed E-state index contributed by atoms with van der Waals surface area (Å²) < 4.78 is 0. The zero-order valence-electron chi connectivity index (χ0n) is 14.4. The molecule has 1 amide bonds. The van der Waals surface area contributed by atoms with Crippen molar-refractivity contribution < 1.29 is 4.79 Å². The summed E-state index contributed by atoms with van der Waals surface area (Å²) in [7, 11) is 0. The molecule has 2 aromatic carbocycles. The lowest BCUT2D eigenvalue weighted by atomic mass is 9.80. The minimum atomic E-state index is -0.486. The third kappa shape index (κ3) is 4.12. The number of amides is 1. The molecule has 1 heterocycles. The highest BCUT2D eigenvalue weighted by atomic mass is 32.1. The summed E-state index contributed by atoms with van der Waals surface area (Å²) >= 11 is 1.39. The zero-order valence-corrected chi connectivity index (χ0v) is 15.2. The lowest BCUT2D eigenvalue weighted by Gasteiger charge is -2.26. The van der Waals surface area contributed by atoms with Crippen molar-refractivity contribution in [2.24, 2.45) is 5.41 Å². The molecule has 0 fully saturated rings. The number of benzene rings is 2. The zero-order chi connectivity index (χ0) is 17.7. The van der Waals surface area contributed by atoms with Crippen molar-refractivity contribution >= 4 is 22.4 Å². The maximum absolute atomic E-state index is 12.8. The van der Waals surface area contributed by atoms with E-state index in [1.807, 2.05) is 62.4 Å². The van der Waals surface area contributed by atoms with Gasteiger partial charge in [0, 0.05) is 5.56 Å². The van der Waals surface area contributed by atoms with E-state index in [9.17, 15) is 4.79 Å². The highest BCUT2D eigenvalue weighted by Crippen LogP contribution is 2.31. The normalized spacial score (nSPS) is 13.2. The van der Waals surface area contributed by atoms with Gasteiger partial charge in [-0.15, -0.1) is 10.2 Å². The van der Waals surface area contributed by atoms with E-state index in [2.05, 4.69) is 27.6 Å². The first-order chi connectivity index (χ1) is 12.1. The molecular weight excluding hydrogens is 330 g/mol. The Morgan fingerprint density at radius 1 is 1.04 bits per heavy atom. The topological polar surface area (TPSA) is 54.9 Å². The molecule has 4 nitrogen and oxygen atoms in total. The highest BCUT2D eigenvalue weighted by molar-refractivity contribution is 7.18. The van der Waals surface area contributed by atoms with Crippen molar-refractivity contribution in [2.45, 2.75) is 26.7 Å². The molecule has 5 heteroatoms. The van der Waals surface area contributed by atoms with Crippen molar-refractivity contribution in [1.29, 1.82) is 0 Å². The van der Waals surface area contributed by atoms with Crippen LogP contribution in [0, 0.1) is 5.41 Å². The fourth-order valence-electron chi connectivity index (χ4n) is 2.63. The molecule has 3 aromatic rings. The Morgan fingerprint density at radius 2 is 1.68 bits per heavy atom. The summed E-state index contributed by atoms with van der Waals surface area (Å²) in [6, 6.07) is 19.9. The fraction of sp³-hybridized carbons (Fsp3) is 0.250. The maximum atomic E-state index is 12.8. The Balaban J connectivity index is 1.73. The van der Waals surface area contributed by atoms with E-state index in [1.165, 1.54) is 11.3 Å². The Bertz CT molecular complexity index is 832. The second kappa shape index (κ2) is 7.57. The van der Waals surface area contributed by atoms with Crippen LogP contribution in [0.5, 0.6) is 0 Å². The van der Waals surface area contributed by atoms with Crippen molar-refractivity contribution in [3.63, 3.8) is 0 Å². The van der Waals surface area contributed by atoms with Gasteiger partial charge in [-0.25, -0.2) is 0 Å². The second-order valence-electron chi connectivity index (χ2n) is 6.31. The van der Waals surface area contributed by atoms with Crippen LogP contribution in [0.2, 0.25) is 0 Å². The smallest absolute Gasteiger partial charge is 0.232 e. The number of rotatable bonds is 6. The molecule has 0 radical (unpaired) electrons. The molecule has 1 atom stereocenters. The molecule has 25 heavy (non-hydrogen) atoms. The summed E-state index contributed by atoms with van der Waals surface area (Å²) in [5.74, 6) is -0.0189. The molecule has 128 valence electrons. The lowest BCUT2D eigenvalue weighted by molar-refractivity contribution is -0.124. The minimum absolute atomic E-state index is 0.0189.